The van der Waals surface area contributed by atoms with Crippen LogP contribution in [0, 0.1) is 0 Å². The van der Waals surface area contributed by atoms with Crippen LogP contribution in [0.2, 0.25) is 0 Å². The van der Waals surface area contributed by atoms with Gasteiger partial charge in [0, 0.05) is 0 Å². The third kappa shape index (κ3) is 2.41. The normalized spacial score (nSPS) is 24.9. The molecule has 1 aliphatic heterocycles. The van der Waals surface area contributed by atoms with Crippen LogP contribution < -0.4 is 0 Å². The maximum atomic E-state index is 5.96. The molecule has 2 rings (SSSR count). The van der Waals surface area contributed by atoms with Gasteiger partial charge in [0.2, 0.25) is 0 Å². The van der Waals surface area contributed by atoms with Crippen LogP contribution in [0.4, 0.5) is 0 Å². The molecule has 0 amide bonds. The van der Waals surface area contributed by atoms with Gasteiger partial charge in [0.1, 0.15) is 10.0 Å². The zero-order valence-electron chi connectivity index (χ0n) is 8.07. The highest BCUT2D eigenvalue weighted by molar-refractivity contribution is 7.99. The molecule has 0 radical (unpaired) electrons. The summed E-state index contributed by atoms with van der Waals surface area (Å²) >= 11 is 9.64. The highest BCUT2D eigenvalue weighted by Crippen LogP contribution is 2.40. The zero-order valence-corrected chi connectivity index (χ0v) is 10.5. The Hall–Kier alpha value is 0.200. The smallest absolute Gasteiger partial charge is 0.135 e. The van der Waals surface area contributed by atoms with Gasteiger partial charge >= 0.3 is 0 Å². The average molecular weight is 249 g/mol. The minimum atomic E-state index is -0.00478. The van der Waals surface area contributed by atoms with Crippen LogP contribution in [-0.2, 0) is 0 Å². The molecule has 0 spiro atoms. The van der Waals surface area contributed by atoms with Crippen LogP contribution in [-0.4, -0.2) is 16.0 Å². The predicted octanol–water partition coefficient (Wildman–Crippen LogP) is 3.80. The third-order valence-corrected chi connectivity index (χ3v) is 5.34. The van der Waals surface area contributed by atoms with Crippen LogP contribution >= 0.6 is 34.7 Å². The summed E-state index contributed by atoms with van der Waals surface area (Å²) in [4.78, 5) is 0. The van der Waals surface area contributed by atoms with Crippen LogP contribution in [0.3, 0.4) is 0 Å². The van der Waals surface area contributed by atoms with Gasteiger partial charge < -0.3 is 0 Å². The third-order valence-electron chi connectivity index (χ3n) is 2.25. The van der Waals surface area contributed by atoms with Gasteiger partial charge in [-0.1, -0.05) is 17.8 Å². The van der Waals surface area contributed by atoms with Gasteiger partial charge in [-0.3, -0.25) is 0 Å². The summed E-state index contributed by atoms with van der Waals surface area (Å²) in [5, 5.41) is 11.0. The lowest BCUT2D eigenvalue weighted by molar-refractivity contribution is 0.678. The molecule has 2 nitrogen and oxygen atoms in total. The second-order valence-electron chi connectivity index (χ2n) is 3.45. The Kier molecular flexibility index (Phi) is 3.68. The standard InChI is InChI=1S/C9H13ClN2S2/c1-6(10)8-11-12-9(14-8)7-4-2-3-5-13-7/h6-7H,2-5H2,1H3. The fraction of sp³-hybridized carbons (Fsp3) is 0.778. The van der Waals surface area contributed by atoms with Gasteiger partial charge in [-0.15, -0.1) is 21.8 Å². The SMILES string of the molecule is CC(Cl)c1nnc(C2CCCCS2)s1. The molecule has 1 aliphatic rings. The Labute approximate surface area is 97.5 Å². The number of rotatable bonds is 2. The first-order valence-electron chi connectivity index (χ1n) is 4.86. The van der Waals surface area contributed by atoms with Gasteiger partial charge in [-0.25, -0.2) is 0 Å². The summed E-state index contributed by atoms with van der Waals surface area (Å²) in [5.74, 6) is 1.26. The van der Waals surface area contributed by atoms with E-state index in [4.69, 9.17) is 11.6 Å². The molecule has 14 heavy (non-hydrogen) atoms. The number of nitrogens with zero attached hydrogens (tertiary/aromatic N) is 2. The summed E-state index contributed by atoms with van der Waals surface area (Å²) in [6, 6.07) is 0. The van der Waals surface area contributed by atoms with E-state index in [0.717, 1.165) is 10.0 Å². The Morgan fingerprint density at radius 1 is 1.43 bits per heavy atom. The van der Waals surface area contributed by atoms with Gasteiger partial charge in [0.05, 0.1) is 10.6 Å². The Bertz CT molecular complexity index is 295. The van der Waals surface area contributed by atoms with Crippen molar-refractivity contribution in [2.45, 2.75) is 36.8 Å². The first-order valence-corrected chi connectivity index (χ1v) is 7.16. The van der Waals surface area contributed by atoms with E-state index in [9.17, 15) is 0 Å². The summed E-state index contributed by atoms with van der Waals surface area (Å²) < 4.78 is 0. The monoisotopic (exact) mass is 248 g/mol. The molecule has 0 aromatic carbocycles. The van der Waals surface area contributed by atoms with Crippen LogP contribution in [0.1, 0.15) is 46.8 Å². The second-order valence-corrected chi connectivity index (χ2v) is 6.46. The largest absolute Gasteiger partial charge is 0.151 e. The van der Waals surface area contributed by atoms with Gasteiger partial charge in [0.25, 0.3) is 0 Å². The van der Waals surface area contributed by atoms with Gasteiger partial charge in [-0.2, -0.15) is 11.8 Å². The first-order chi connectivity index (χ1) is 6.77. The number of aromatic nitrogens is 2. The molecule has 1 fully saturated rings. The average Bonchev–Trinajstić information content (AvgIpc) is 2.68. The quantitative estimate of drug-likeness (QED) is 0.745. The summed E-state index contributed by atoms with van der Waals surface area (Å²) in [6.07, 6.45) is 3.91. The minimum Gasteiger partial charge on any atom is -0.151 e. The molecular weight excluding hydrogens is 236 g/mol. The molecule has 1 saturated heterocycles. The molecular formula is C9H13ClN2S2. The maximum Gasteiger partial charge on any atom is 0.135 e. The van der Waals surface area contributed by atoms with Gasteiger partial charge in [-0.05, 0) is 25.5 Å². The van der Waals surface area contributed by atoms with Crippen molar-refractivity contribution in [3.8, 4) is 0 Å². The molecule has 2 atom stereocenters. The molecule has 5 heteroatoms. The number of thioether (sulfide) groups is 1. The number of hydrogen-bond acceptors (Lipinski definition) is 4. The number of hydrogen-bond donors (Lipinski definition) is 0. The highest BCUT2D eigenvalue weighted by Gasteiger charge is 2.21. The van der Waals surface area contributed by atoms with Crippen molar-refractivity contribution in [2.24, 2.45) is 0 Å². The fourth-order valence-corrected chi connectivity index (χ4v) is 3.97. The van der Waals surface area contributed by atoms with E-state index in [-0.39, 0.29) is 5.38 Å². The minimum absolute atomic E-state index is 0.00478. The Morgan fingerprint density at radius 3 is 2.86 bits per heavy atom. The zero-order chi connectivity index (χ0) is 9.97. The van der Waals surface area contributed by atoms with E-state index in [1.165, 1.54) is 25.0 Å². The lowest BCUT2D eigenvalue weighted by atomic mass is 10.2. The van der Waals surface area contributed by atoms with Crippen molar-refractivity contribution < 1.29 is 0 Å². The van der Waals surface area contributed by atoms with E-state index in [0.29, 0.717) is 5.25 Å². The van der Waals surface area contributed by atoms with Crippen molar-refractivity contribution >= 4 is 34.7 Å². The van der Waals surface area contributed by atoms with E-state index in [1.54, 1.807) is 11.3 Å². The molecule has 0 N–H and O–H groups in total. The molecule has 78 valence electrons. The summed E-state index contributed by atoms with van der Waals surface area (Å²) in [5.41, 5.74) is 0. The van der Waals surface area contributed by atoms with Gasteiger partial charge in [0.15, 0.2) is 0 Å². The number of halogens is 1. The van der Waals surface area contributed by atoms with Crippen LogP contribution in [0.15, 0.2) is 0 Å². The molecule has 0 saturated carbocycles. The van der Waals surface area contributed by atoms with E-state index < -0.39 is 0 Å². The van der Waals surface area contributed by atoms with Crippen LogP contribution in [0.5, 0.6) is 0 Å². The second kappa shape index (κ2) is 4.81. The van der Waals surface area contributed by atoms with E-state index >= 15 is 0 Å². The first kappa shape index (κ1) is 10.7. The fourth-order valence-electron chi connectivity index (χ4n) is 1.47. The topological polar surface area (TPSA) is 25.8 Å². The van der Waals surface area contributed by atoms with Crippen molar-refractivity contribution in [3.05, 3.63) is 10.0 Å². The number of alkyl halides is 1. The maximum absolute atomic E-state index is 5.96. The lowest BCUT2D eigenvalue weighted by Gasteiger charge is -2.17. The van der Waals surface area contributed by atoms with E-state index in [2.05, 4.69) is 10.2 Å². The predicted molar refractivity (Wildman–Crippen MR) is 63.2 cm³/mol. The molecule has 1 aromatic heterocycles. The summed E-state index contributed by atoms with van der Waals surface area (Å²) in [6.45, 7) is 1.94. The van der Waals surface area contributed by atoms with Crippen molar-refractivity contribution in [1.82, 2.24) is 10.2 Å². The molecule has 1 aromatic rings. The molecule has 2 unspecified atom stereocenters. The lowest BCUT2D eigenvalue weighted by Crippen LogP contribution is -2.01. The molecule has 0 bridgehead atoms. The summed E-state index contributed by atoms with van der Waals surface area (Å²) in [7, 11) is 0. The highest BCUT2D eigenvalue weighted by atomic mass is 35.5. The van der Waals surface area contributed by atoms with Crippen molar-refractivity contribution in [3.63, 3.8) is 0 Å². The molecule has 0 aliphatic carbocycles. The Balaban J connectivity index is 2.07. The van der Waals surface area contributed by atoms with E-state index in [1.807, 2.05) is 18.7 Å². The van der Waals surface area contributed by atoms with Crippen LogP contribution in [0.25, 0.3) is 0 Å². The van der Waals surface area contributed by atoms with Crippen molar-refractivity contribution in [2.75, 3.05) is 5.75 Å². The molecule has 2 heterocycles. The Morgan fingerprint density at radius 2 is 2.29 bits per heavy atom. The van der Waals surface area contributed by atoms with Crippen molar-refractivity contribution in [1.29, 1.82) is 0 Å².